The number of hydrogen-bond donors (Lipinski definition) is 2. The summed E-state index contributed by atoms with van der Waals surface area (Å²) in [5, 5.41) is 13.3. The number of hydrogen-bond acceptors (Lipinski definition) is 9. The van der Waals surface area contributed by atoms with Gasteiger partial charge in [0, 0.05) is 56.3 Å². The van der Waals surface area contributed by atoms with Gasteiger partial charge in [0.2, 0.25) is 5.67 Å². The molecule has 1 aliphatic heterocycles. The van der Waals surface area contributed by atoms with Crippen LogP contribution in [-0.2, 0) is 9.53 Å². The molecule has 1 saturated heterocycles. The lowest BCUT2D eigenvalue weighted by molar-refractivity contribution is -0.161. The number of imidazole rings is 1. The molecule has 1 amide bonds. The number of rotatable bonds is 13. The van der Waals surface area contributed by atoms with Gasteiger partial charge >= 0.3 is 12.6 Å². The van der Waals surface area contributed by atoms with Gasteiger partial charge in [0.25, 0.3) is 5.91 Å². The molecule has 238 valence electrons. The molecule has 3 heterocycles. The number of amides is 1. The lowest BCUT2D eigenvalue weighted by Gasteiger charge is -2.35. The molecule has 0 radical (unpaired) electrons. The van der Waals surface area contributed by atoms with Gasteiger partial charge in [-0.25, -0.2) is 14.2 Å². The number of nitrogens with one attached hydrogen (secondary N) is 1. The van der Waals surface area contributed by atoms with Gasteiger partial charge in [0.05, 0.1) is 25.6 Å². The van der Waals surface area contributed by atoms with Crippen LogP contribution in [0.1, 0.15) is 43.0 Å². The topological polar surface area (TPSA) is 124 Å². The van der Waals surface area contributed by atoms with Crippen molar-refractivity contribution in [1.29, 1.82) is 0 Å². The third kappa shape index (κ3) is 7.18. The fourth-order valence-electron chi connectivity index (χ4n) is 5.16. The Kier molecular flexibility index (Phi) is 9.49. The third-order valence-electron chi connectivity index (χ3n) is 7.62. The first kappa shape index (κ1) is 31.4. The van der Waals surface area contributed by atoms with Crippen LogP contribution in [0.5, 0.6) is 17.2 Å². The number of pyridine rings is 1. The average molecular weight is 621 g/mol. The zero-order valence-corrected chi connectivity index (χ0v) is 24.4. The van der Waals surface area contributed by atoms with E-state index >= 15 is 0 Å². The van der Waals surface area contributed by atoms with Crippen LogP contribution in [0.15, 0.2) is 36.7 Å². The highest BCUT2D eigenvalue weighted by atomic mass is 19.3. The Bertz CT molecular complexity index is 1490. The predicted octanol–water partition coefficient (Wildman–Crippen LogP) is 3.61. The summed E-state index contributed by atoms with van der Waals surface area (Å²) in [5.41, 5.74) is -0.679. The summed E-state index contributed by atoms with van der Waals surface area (Å²) in [4.78, 5) is 31.0. The summed E-state index contributed by atoms with van der Waals surface area (Å²) in [6.07, 6.45) is 3.98. The molecule has 0 spiro atoms. The number of aliphatic hydroxyl groups is 1. The maximum Gasteiger partial charge on any atom is 0.387 e. The fraction of sp³-hybridized carbons (Fsp3) is 0.500. The van der Waals surface area contributed by atoms with Crippen LogP contribution >= 0.6 is 0 Å². The van der Waals surface area contributed by atoms with Gasteiger partial charge in [0.15, 0.2) is 0 Å². The number of likely N-dealkylation sites (tertiary alicyclic amines) is 1. The van der Waals surface area contributed by atoms with Crippen LogP contribution in [0.4, 0.5) is 13.2 Å². The number of piperidine rings is 1. The van der Waals surface area contributed by atoms with Crippen molar-refractivity contribution in [2.75, 3.05) is 40.0 Å². The average Bonchev–Trinajstić information content (AvgIpc) is 3.71. The largest absolute Gasteiger partial charge is 0.496 e. The van der Waals surface area contributed by atoms with Crippen molar-refractivity contribution < 1.29 is 46.8 Å². The minimum absolute atomic E-state index is 0.00168. The molecule has 44 heavy (non-hydrogen) atoms. The summed E-state index contributed by atoms with van der Waals surface area (Å²) in [7, 11) is 1.34. The molecule has 1 aliphatic carbocycles. The maximum absolute atomic E-state index is 14.8. The number of aromatic nitrogens is 2. The molecule has 5 rings (SSSR count). The Labute approximate surface area is 251 Å². The molecule has 11 nitrogen and oxygen atoms in total. The molecule has 1 unspecified atom stereocenters. The van der Waals surface area contributed by atoms with Crippen LogP contribution in [0.3, 0.4) is 0 Å². The van der Waals surface area contributed by atoms with E-state index in [1.54, 1.807) is 35.7 Å². The first-order valence-corrected chi connectivity index (χ1v) is 14.4. The molecule has 2 aliphatic rings. The number of alkyl halides is 3. The van der Waals surface area contributed by atoms with Gasteiger partial charge in [-0.05, 0) is 38.0 Å². The Morgan fingerprint density at radius 1 is 1.18 bits per heavy atom. The van der Waals surface area contributed by atoms with Crippen molar-refractivity contribution in [2.24, 2.45) is 0 Å². The number of methoxy groups -OCH3 is 1. The summed E-state index contributed by atoms with van der Waals surface area (Å²) in [6, 6.07) is 6.22. The second-order valence-corrected chi connectivity index (χ2v) is 10.9. The second kappa shape index (κ2) is 13.3. The van der Waals surface area contributed by atoms with Gasteiger partial charge in [-0.15, -0.1) is 0 Å². The molecule has 14 heteroatoms. The molecular weight excluding hydrogens is 585 g/mol. The van der Waals surface area contributed by atoms with Crippen molar-refractivity contribution in [3.05, 3.63) is 42.2 Å². The van der Waals surface area contributed by atoms with E-state index in [-0.39, 0.29) is 55.7 Å². The zero-order chi connectivity index (χ0) is 31.4. The minimum Gasteiger partial charge on any atom is -0.496 e. The molecule has 2 fully saturated rings. The highest BCUT2D eigenvalue weighted by Crippen LogP contribution is 2.37. The van der Waals surface area contributed by atoms with Gasteiger partial charge in [0.1, 0.15) is 41.2 Å². The van der Waals surface area contributed by atoms with Gasteiger partial charge in [-0.1, -0.05) is 0 Å². The first-order chi connectivity index (χ1) is 21.1. The Morgan fingerprint density at radius 2 is 1.91 bits per heavy atom. The normalized spacial score (nSPS) is 17.3. The van der Waals surface area contributed by atoms with Crippen LogP contribution in [0.25, 0.3) is 16.9 Å². The lowest BCUT2D eigenvalue weighted by atomic mass is 9.93. The van der Waals surface area contributed by atoms with Gasteiger partial charge < -0.3 is 34.3 Å². The molecule has 1 atom stereocenters. The summed E-state index contributed by atoms with van der Waals surface area (Å²) >= 11 is 0. The number of fused-ring (bicyclic) bond motifs is 1. The van der Waals surface area contributed by atoms with E-state index in [0.717, 1.165) is 12.8 Å². The highest BCUT2D eigenvalue weighted by molar-refractivity contribution is 6.01. The standard InChI is InChI=1S/C30H35F3N4O7/c1-3-42-28(40)30(33)7-10-36(11-8-30)16-20(38)17-43-21-6-9-37-22(15-34-25(37)14-21)18-12-23(41-2)26(24(13-18)44-29(31)32)27(39)35-19-4-5-19/h6,9,12-15,19-20,29,38H,3-5,7-8,10-11,16-17H2,1-2H3,(H,35,39). The molecule has 2 N–H and O–H groups in total. The second-order valence-electron chi connectivity index (χ2n) is 10.9. The quantitative estimate of drug-likeness (QED) is 0.276. The van der Waals surface area contributed by atoms with E-state index < -0.39 is 30.3 Å². The van der Waals surface area contributed by atoms with E-state index in [1.165, 1.54) is 19.4 Å². The zero-order valence-electron chi connectivity index (χ0n) is 24.4. The minimum atomic E-state index is -3.16. The number of aliphatic hydroxyl groups excluding tert-OH is 1. The molecule has 0 bridgehead atoms. The molecule has 1 saturated carbocycles. The maximum atomic E-state index is 14.8. The van der Waals surface area contributed by atoms with Gasteiger partial charge in [-0.2, -0.15) is 8.78 Å². The number of carbonyl (C=O) groups is 2. The highest BCUT2D eigenvalue weighted by Gasteiger charge is 2.43. The van der Waals surface area contributed by atoms with Crippen LogP contribution < -0.4 is 19.5 Å². The van der Waals surface area contributed by atoms with E-state index in [4.69, 9.17) is 18.9 Å². The summed E-state index contributed by atoms with van der Waals surface area (Å²) in [5.74, 6) is -1.20. The number of esters is 1. The van der Waals surface area contributed by atoms with E-state index in [0.29, 0.717) is 35.7 Å². The summed E-state index contributed by atoms with van der Waals surface area (Å²) in [6.45, 7) is -0.587. The molecular formula is C30H35F3N4O7. The number of nitrogens with zero attached hydrogens (tertiary/aromatic N) is 3. The number of halogens is 3. The smallest absolute Gasteiger partial charge is 0.387 e. The van der Waals surface area contributed by atoms with Crippen molar-refractivity contribution in [2.45, 2.75) is 57.0 Å². The monoisotopic (exact) mass is 620 g/mol. The Morgan fingerprint density at radius 3 is 2.57 bits per heavy atom. The number of ether oxygens (including phenoxy) is 4. The van der Waals surface area contributed by atoms with Crippen molar-refractivity contribution in [1.82, 2.24) is 19.6 Å². The Hall–Kier alpha value is -4.04. The Balaban J connectivity index is 1.25. The van der Waals surface area contributed by atoms with Crippen molar-refractivity contribution in [3.8, 4) is 28.5 Å². The summed E-state index contributed by atoms with van der Waals surface area (Å²) < 4.78 is 63.9. The van der Waals surface area contributed by atoms with E-state index in [9.17, 15) is 27.9 Å². The van der Waals surface area contributed by atoms with E-state index in [2.05, 4.69) is 10.3 Å². The third-order valence-corrected chi connectivity index (χ3v) is 7.62. The molecule has 3 aromatic rings. The van der Waals surface area contributed by atoms with Crippen molar-refractivity contribution >= 4 is 17.5 Å². The van der Waals surface area contributed by atoms with Crippen LogP contribution in [-0.4, -0.2) is 95.7 Å². The number of β-amino-alcohol motifs (C(OH)–C–C–N with tert-alkyl or cyclic N) is 1. The molecule has 2 aromatic heterocycles. The number of benzene rings is 1. The van der Waals surface area contributed by atoms with Crippen LogP contribution in [0.2, 0.25) is 0 Å². The molecule has 1 aromatic carbocycles. The van der Waals surface area contributed by atoms with Gasteiger partial charge in [-0.3, -0.25) is 9.20 Å². The number of carbonyl (C=O) groups excluding carboxylic acids is 2. The fourth-order valence-corrected chi connectivity index (χ4v) is 5.16. The first-order valence-electron chi connectivity index (χ1n) is 14.4. The van der Waals surface area contributed by atoms with Crippen LogP contribution in [0, 0.1) is 0 Å². The SMILES string of the molecule is CCOC(=O)C1(F)CCN(CC(O)COc2ccn3c(-c4cc(OC)c(C(=O)NC5CC5)c(OC(F)F)c4)cnc3c2)CC1. The van der Waals surface area contributed by atoms with Crippen molar-refractivity contribution in [3.63, 3.8) is 0 Å². The predicted molar refractivity (Wildman–Crippen MR) is 152 cm³/mol. The van der Waals surface area contributed by atoms with E-state index in [1.807, 2.05) is 4.90 Å². The lowest BCUT2D eigenvalue weighted by Crippen LogP contribution is -2.49.